The standard InChI is InChI=1S/C19H13F3N6OS/c20-19(21,22)12-5-11(8-26-16(12)24)9-1-3-13-14(6-9)30-18(27-13)28-17(29)10-2-4-15(23)25-7-10/h1-8H,(H2,23,25)(H2,24,26)(H,27,28,29). The predicted molar refractivity (Wildman–Crippen MR) is 109 cm³/mol. The third kappa shape index (κ3) is 3.87. The number of hydrogen-bond acceptors (Lipinski definition) is 7. The quantitative estimate of drug-likeness (QED) is 0.448. The van der Waals surface area contributed by atoms with Gasteiger partial charge in [-0.3, -0.25) is 10.1 Å². The van der Waals surface area contributed by atoms with Crippen LogP contribution in [0.4, 0.5) is 29.9 Å². The maximum Gasteiger partial charge on any atom is 0.419 e. The predicted octanol–water partition coefficient (Wildman–Crippen LogP) is 4.19. The van der Waals surface area contributed by atoms with Crippen LogP contribution in [0.3, 0.4) is 0 Å². The number of halogens is 3. The van der Waals surface area contributed by atoms with E-state index in [1.165, 1.54) is 35.9 Å². The molecule has 11 heteroatoms. The van der Waals surface area contributed by atoms with Gasteiger partial charge in [-0.25, -0.2) is 15.0 Å². The summed E-state index contributed by atoms with van der Waals surface area (Å²) < 4.78 is 40.0. The molecule has 4 rings (SSSR count). The van der Waals surface area contributed by atoms with Crippen LogP contribution in [0, 0.1) is 0 Å². The van der Waals surface area contributed by atoms with Crippen LogP contribution in [-0.2, 0) is 6.18 Å². The molecule has 0 aliphatic carbocycles. The summed E-state index contributed by atoms with van der Waals surface area (Å²) in [7, 11) is 0. The van der Waals surface area contributed by atoms with E-state index in [-0.39, 0.29) is 5.56 Å². The Morgan fingerprint density at radius 3 is 2.50 bits per heavy atom. The zero-order valence-corrected chi connectivity index (χ0v) is 15.9. The molecule has 3 heterocycles. The number of carbonyl (C=O) groups is 1. The lowest BCUT2D eigenvalue weighted by Crippen LogP contribution is -2.12. The first-order valence-corrected chi connectivity index (χ1v) is 9.29. The Labute approximate surface area is 171 Å². The summed E-state index contributed by atoms with van der Waals surface area (Å²) in [5.74, 6) is -0.684. The van der Waals surface area contributed by atoms with E-state index in [4.69, 9.17) is 11.5 Å². The molecule has 0 saturated heterocycles. The van der Waals surface area contributed by atoms with Crippen molar-refractivity contribution in [2.45, 2.75) is 6.18 Å². The number of carbonyl (C=O) groups excluding carboxylic acids is 1. The van der Waals surface area contributed by atoms with Crippen molar-refractivity contribution in [3.05, 3.63) is 59.9 Å². The van der Waals surface area contributed by atoms with Gasteiger partial charge in [0, 0.05) is 18.0 Å². The van der Waals surface area contributed by atoms with Gasteiger partial charge in [0.1, 0.15) is 11.6 Å². The molecule has 0 spiro atoms. The largest absolute Gasteiger partial charge is 0.419 e. The van der Waals surface area contributed by atoms with Crippen molar-refractivity contribution in [3.63, 3.8) is 0 Å². The zero-order valence-electron chi connectivity index (χ0n) is 15.1. The molecule has 5 N–H and O–H groups in total. The van der Waals surface area contributed by atoms with E-state index < -0.39 is 23.5 Å². The number of amides is 1. The van der Waals surface area contributed by atoms with E-state index >= 15 is 0 Å². The van der Waals surface area contributed by atoms with Crippen molar-refractivity contribution < 1.29 is 18.0 Å². The van der Waals surface area contributed by atoms with Gasteiger partial charge in [-0.15, -0.1) is 0 Å². The fourth-order valence-electron chi connectivity index (χ4n) is 2.73. The van der Waals surface area contributed by atoms with Crippen molar-refractivity contribution in [1.29, 1.82) is 0 Å². The zero-order chi connectivity index (χ0) is 21.5. The lowest BCUT2D eigenvalue weighted by molar-refractivity contribution is -0.137. The molecule has 30 heavy (non-hydrogen) atoms. The van der Waals surface area contributed by atoms with Crippen LogP contribution in [0.25, 0.3) is 21.3 Å². The molecule has 0 fully saturated rings. The second-order valence-corrected chi connectivity index (χ2v) is 7.31. The molecule has 0 aliphatic heterocycles. The Balaban J connectivity index is 1.63. The van der Waals surface area contributed by atoms with Gasteiger partial charge in [-0.2, -0.15) is 13.2 Å². The Hall–Kier alpha value is -3.73. The van der Waals surface area contributed by atoms with E-state index in [1.54, 1.807) is 18.2 Å². The van der Waals surface area contributed by atoms with Crippen LogP contribution < -0.4 is 16.8 Å². The number of anilines is 3. The number of aromatic nitrogens is 3. The topological polar surface area (TPSA) is 120 Å². The van der Waals surface area contributed by atoms with Crippen molar-refractivity contribution in [3.8, 4) is 11.1 Å². The van der Waals surface area contributed by atoms with Gasteiger partial charge in [0.05, 0.1) is 21.3 Å². The fourth-order valence-corrected chi connectivity index (χ4v) is 3.63. The van der Waals surface area contributed by atoms with Gasteiger partial charge in [0.15, 0.2) is 5.13 Å². The van der Waals surface area contributed by atoms with Crippen molar-refractivity contribution in [2.75, 3.05) is 16.8 Å². The molecular weight excluding hydrogens is 417 g/mol. The lowest BCUT2D eigenvalue weighted by atomic mass is 10.1. The minimum atomic E-state index is -4.60. The highest BCUT2D eigenvalue weighted by atomic mass is 32.1. The molecule has 0 unspecified atom stereocenters. The highest BCUT2D eigenvalue weighted by molar-refractivity contribution is 7.22. The van der Waals surface area contributed by atoms with Gasteiger partial charge < -0.3 is 11.5 Å². The normalized spacial score (nSPS) is 11.6. The second-order valence-electron chi connectivity index (χ2n) is 6.28. The van der Waals surface area contributed by atoms with Crippen LogP contribution in [0.5, 0.6) is 0 Å². The first-order valence-electron chi connectivity index (χ1n) is 8.47. The molecule has 0 radical (unpaired) electrons. The van der Waals surface area contributed by atoms with E-state index in [9.17, 15) is 18.0 Å². The van der Waals surface area contributed by atoms with Crippen LogP contribution in [-0.4, -0.2) is 20.9 Å². The van der Waals surface area contributed by atoms with Gasteiger partial charge in [0.2, 0.25) is 0 Å². The molecule has 152 valence electrons. The van der Waals surface area contributed by atoms with Crippen LogP contribution in [0.2, 0.25) is 0 Å². The smallest absolute Gasteiger partial charge is 0.384 e. The Kier molecular flexibility index (Phi) is 4.74. The number of nitrogen functional groups attached to an aromatic ring is 2. The SMILES string of the molecule is Nc1ccc(C(=O)Nc2nc3ccc(-c4cnc(N)c(C(F)(F)F)c4)cc3s2)cn1. The Bertz CT molecular complexity index is 1250. The fraction of sp³-hybridized carbons (Fsp3) is 0.0526. The molecule has 3 aromatic heterocycles. The van der Waals surface area contributed by atoms with Gasteiger partial charge >= 0.3 is 6.18 Å². The van der Waals surface area contributed by atoms with Crippen molar-refractivity contribution >= 4 is 44.2 Å². The monoisotopic (exact) mass is 430 g/mol. The molecule has 0 saturated carbocycles. The first-order chi connectivity index (χ1) is 14.2. The lowest BCUT2D eigenvalue weighted by Gasteiger charge is -2.11. The minimum Gasteiger partial charge on any atom is -0.384 e. The summed E-state index contributed by atoms with van der Waals surface area (Å²) in [4.78, 5) is 24.2. The Morgan fingerprint density at radius 1 is 1.00 bits per heavy atom. The van der Waals surface area contributed by atoms with Gasteiger partial charge in [0.25, 0.3) is 5.91 Å². The van der Waals surface area contributed by atoms with Gasteiger partial charge in [-0.1, -0.05) is 17.4 Å². The summed E-state index contributed by atoms with van der Waals surface area (Å²) in [6, 6.07) is 8.98. The molecule has 7 nitrogen and oxygen atoms in total. The maximum atomic E-state index is 13.1. The van der Waals surface area contributed by atoms with Crippen LogP contribution in [0.15, 0.2) is 48.8 Å². The number of nitrogens with zero attached hydrogens (tertiary/aromatic N) is 3. The molecule has 0 atom stereocenters. The highest BCUT2D eigenvalue weighted by Gasteiger charge is 2.34. The minimum absolute atomic E-state index is 0.269. The number of rotatable bonds is 3. The number of fused-ring (bicyclic) bond motifs is 1. The number of pyridine rings is 2. The third-order valence-corrected chi connectivity index (χ3v) is 5.15. The summed E-state index contributed by atoms with van der Waals surface area (Å²) in [5, 5.41) is 3.02. The summed E-state index contributed by atoms with van der Waals surface area (Å²) >= 11 is 1.19. The molecule has 0 aliphatic rings. The number of nitrogens with one attached hydrogen (secondary N) is 1. The molecule has 0 bridgehead atoms. The van der Waals surface area contributed by atoms with Crippen LogP contribution in [0.1, 0.15) is 15.9 Å². The van der Waals surface area contributed by atoms with E-state index in [1.807, 2.05) is 0 Å². The Morgan fingerprint density at radius 2 is 1.80 bits per heavy atom. The van der Waals surface area contributed by atoms with E-state index in [0.29, 0.717) is 32.3 Å². The van der Waals surface area contributed by atoms with Crippen LogP contribution >= 0.6 is 11.3 Å². The summed E-state index contributed by atoms with van der Waals surface area (Å²) in [5.41, 5.74) is 11.6. The van der Waals surface area contributed by atoms with Crippen molar-refractivity contribution in [2.24, 2.45) is 0 Å². The van der Waals surface area contributed by atoms with Gasteiger partial charge in [-0.05, 0) is 35.9 Å². The molecule has 4 aromatic rings. The average molecular weight is 430 g/mol. The van der Waals surface area contributed by atoms with Crippen molar-refractivity contribution in [1.82, 2.24) is 15.0 Å². The highest BCUT2D eigenvalue weighted by Crippen LogP contribution is 2.36. The number of alkyl halides is 3. The van der Waals surface area contributed by atoms with E-state index in [2.05, 4.69) is 20.3 Å². The summed E-state index contributed by atoms with van der Waals surface area (Å²) in [6.45, 7) is 0. The summed E-state index contributed by atoms with van der Waals surface area (Å²) in [6.07, 6.45) is -1.97. The van der Waals surface area contributed by atoms with E-state index in [0.717, 1.165) is 6.07 Å². The second kappa shape index (κ2) is 7.26. The molecule has 1 aromatic carbocycles. The number of benzene rings is 1. The average Bonchev–Trinajstić information content (AvgIpc) is 3.09. The maximum absolute atomic E-state index is 13.1. The molecule has 1 amide bonds. The number of nitrogens with two attached hydrogens (primary N) is 2. The number of thiazole rings is 1. The third-order valence-electron chi connectivity index (χ3n) is 4.21. The molecular formula is C19H13F3N6OS. The first kappa shape index (κ1) is 19.6. The number of hydrogen-bond donors (Lipinski definition) is 3.